The summed E-state index contributed by atoms with van der Waals surface area (Å²) in [5.41, 5.74) is -0.0909. The molecule has 0 saturated heterocycles. The van der Waals surface area contributed by atoms with Gasteiger partial charge in [0.2, 0.25) is 5.91 Å². The molecule has 3 aromatic rings. The summed E-state index contributed by atoms with van der Waals surface area (Å²) in [4.78, 5) is 12.2. The van der Waals surface area contributed by atoms with Crippen molar-refractivity contribution >= 4 is 23.3 Å². The van der Waals surface area contributed by atoms with Crippen LogP contribution >= 0.6 is 11.6 Å². The van der Waals surface area contributed by atoms with Gasteiger partial charge in [0.15, 0.2) is 0 Å². The van der Waals surface area contributed by atoms with Gasteiger partial charge in [0.25, 0.3) is 0 Å². The van der Waals surface area contributed by atoms with Crippen molar-refractivity contribution in [2.75, 3.05) is 5.32 Å². The lowest BCUT2D eigenvalue weighted by Gasteiger charge is -2.11. The first-order chi connectivity index (χ1) is 13.2. The van der Waals surface area contributed by atoms with Crippen molar-refractivity contribution in [3.05, 3.63) is 82.3 Å². The Kier molecular flexibility index (Phi) is 5.69. The molecule has 0 aliphatic heterocycles. The van der Waals surface area contributed by atoms with Gasteiger partial charge in [-0.3, -0.25) is 4.79 Å². The average Bonchev–Trinajstić information content (AvgIpc) is 3.04. The molecular formula is C19H14ClF4N3O. The third kappa shape index (κ3) is 4.69. The zero-order valence-corrected chi connectivity index (χ0v) is 15.1. The number of rotatable bonds is 5. The Hall–Kier alpha value is -2.87. The summed E-state index contributed by atoms with van der Waals surface area (Å²) in [5.74, 6) is -0.751. The van der Waals surface area contributed by atoms with E-state index in [1.54, 1.807) is 0 Å². The summed E-state index contributed by atoms with van der Waals surface area (Å²) in [6.07, 6.45) is -3.23. The zero-order valence-electron chi connectivity index (χ0n) is 14.3. The molecule has 1 amide bonds. The van der Waals surface area contributed by atoms with E-state index in [1.807, 2.05) is 0 Å². The van der Waals surface area contributed by atoms with Crippen molar-refractivity contribution in [3.63, 3.8) is 0 Å². The monoisotopic (exact) mass is 411 g/mol. The number of nitrogens with one attached hydrogen (secondary N) is 1. The van der Waals surface area contributed by atoms with E-state index in [0.29, 0.717) is 11.4 Å². The summed E-state index contributed by atoms with van der Waals surface area (Å²) in [6, 6.07) is 10.3. The van der Waals surface area contributed by atoms with Crippen molar-refractivity contribution in [2.45, 2.75) is 19.1 Å². The minimum absolute atomic E-state index is 0.0791. The van der Waals surface area contributed by atoms with Crippen LogP contribution in [-0.2, 0) is 23.9 Å². The third-order valence-corrected chi connectivity index (χ3v) is 4.35. The molecule has 1 heterocycles. The number of hydrogen-bond acceptors (Lipinski definition) is 2. The normalized spacial score (nSPS) is 11.5. The maximum Gasteiger partial charge on any atom is 0.416 e. The van der Waals surface area contributed by atoms with Crippen LogP contribution in [0.15, 0.2) is 54.7 Å². The molecule has 0 aliphatic carbocycles. The van der Waals surface area contributed by atoms with Crippen molar-refractivity contribution in [2.24, 2.45) is 0 Å². The van der Waals surface area contributed by atoms with Crippen LogP contribution < -0.4 is 5.32 Å². The van der Waals surface area contributed by atoms with Gasteiger partial charge < -0.3 is 5.32 Å². The number of carbonyl (C=O) groups is 1. The second-order valence-corrected chi connectivity index (χ2v) is 6.40. The molecule has 0 fully saturated rings. The first-order valence-electron chi connectivity index (χ1n) is 8.15. The molecule has 146 valence electrons. The topological polar surface area (TPSA) is 46.9 Å². The summed E-state index contributed by atoms with van der Waals surface area (Å²) in [5, 5.41) is 6.81. The summed E-state index contributed by atoms with van der Waals surface area (Å²) < 4.78 is 53.1. The van der Waals surface area contributed by atoms with Crippen molar-refractivity contribution in [1.82, 2.24) is 9.78 Å². The Balaban J connectivity index is 1.69. The molecule has 0 radical (unpaired) electrons. The van der Waals surface area contributed by atoms with Gasteiger partial charge in [-0.1, -0.05) is 29.8 Å². The Labute approximate surface area is 162 Å². The van der Waals surface area contributed by atoms with E-state index >= 15 is 0 Å². The van der Waals surface area contributed by atoms with Crippen LogP contribution in [0.1, 0.15) is 16.7 Å². The molecule has 9 heteroatoms. The lowest BCUT2D eigenvalue weighted by molar-refractivity contribution is -0.137. The number of amides is 1. The minimum Gasteiger partial charge on any atom is -0.311 e. The Bertz CT molecular complexity index is 963. The molecule has 3 rings (SSSR count). The van der Waals surface area contributed by atoms with E-state index in [9.17, 15) is 22.4 Å². The van der Waals surface area contributed by atoms with Gasteiger partial charge >= 0.3 is 6.18 Å². The van der Waals surface area contributed by atoms with Crippen LogP contribution in [0.5, 0.6) is 0 Å². The highest BCUT2D eigenvalue weighted by atomic mass is 35.5. The third-order valence-electron chi connectivity index (χ3n) is 4.00. The Morgan fingerprint density at radius 1 is 1.11 bits per heavy atom. The van der Waals surface area contributed by atoms with Gasteiger partial charge in [0, 0.05) is 16.7 Å². The highest BCUT2D eigenvalue weighted by Crippen LogP contribution is 2.29. The number of aromatic nitrogens is 2. The van der Waals surface area contributed by atoms with Gasteiger partial charge in [-0.05, 0) is 29.8 Å². The lowest BCUT2D eigenvalue weighted by Crippen LogP contribution is -2.18. The van der Waals surface area contributed by atoms with Crippen molar-refractivity contribution < 1.29 is 22.4 Å². The number of benzene rings is 2. The van der Waals surface area contributed by atoms with Crippen LogP contribution in [-0.4, -0.2) is 15.7 Å². The van der Waals surface area contributed by atoms with Crippen LogP contribution in [0.25, 0.3) is 0 Å². The molecule has 0 unspecified atom stereocenters. The highest BCUT2D eigenvalue weighted by molar-refractivity contribution is 6.31. The van der Waals surface area contributed by atoms with Gasteiger partial charge in [-0.25, -0.2) is 9.07 Å². The predicted octanol–water partition coefficient (Wildman–Crippen LogP) is 4.92. The summed E-state index contributed by atoms with van der Waals surface area (Å²) in [7, 11) is 0. The number of halogens is 5. The largest absolute Gasteiger partial charge is 0.416 e. The zero-order chi connectivity index (χ0) is 20.3. The van der Waals surface area contributed by atoms with Crippen molar-refractivity contribution in [1.29, 1.82) is 0 Å². The fourth-order valence-electron chi connectivity index (χ4n) is 2.59. The maximum absolute atomic E-state index is 13.8. The summed E-state index contributed by atoms with van der Waals surface area (Å²) in [6.45, 7) is 0.154. The predicted molar refractivity (Wildman–Crippen MR) is 96.5 cm³/mol. The Morgan fingerprint density at radius 3 is 2.46 bits per heavy atom. The molecule has 1 aromatic heterocycles. The molecule has 4 nitrogen and oxygen atoms in total. The average molecular weight is 412 g/mol. The molecule has 1 N–H and O–H groups in total. The lowest BCUT2D eigenvalue weighted by atomic mass is 10.1. The first-order valence-corrected chi connectivity index (χ1v) is 8.52. The number of alkyl halides is 3. The van der Waals surface area contributed by atoms with Gasteiger partial charge in [0.1, 0.15) is 11.6 Å². The van der Waals surface area contributed by atoms with Gasteiger partial charge in [-0.2, -0.15) is 18.3 Å². The van der Waals surface area contributed by atoms with Gasteiger partial charge in [-0.15, -0.1) is 0 Å². The van der Waals surface area contributed by atoms with Crippen LogP contribution in [0.4, 0.5) is 23.4 Å². The van der Waals surface area contributed by atoms with Gasteiger partial charge in [0.05, 0.1) is 24.7 Å². The SMILES string of the molecule is O=C(Cc1c(F)cccc1Cl)Nc1ccnn1Cc1ccc(C(F)(F)F)cc1. The molecule has 28 heavy (non-hydrogen) atoms. The Morgan fingerprint density at radius 2 is 1.82 bits per heavy atom. The number of carbonyl (C=O) groups excluding carboxylic acids is 1. The first kappa shape index (κ1) is 19.9. The molecule has 0 saturated carbocycles. The van der Waals surface area contributed by atoms with E-state index < -0.39 is 23.5 Å². The maximum atomic E-state index is 13.8. The van der Waals surface area contributed by atoms with E-state index in [2.05, 4.69) is 10.4 Å². The smallest absolute Gasteiger partial charge is 0.311 e. The van der Waals surface area contributed by atoms with Crippen LogP contribution in [0, 0.1) is 5.82 Å². The van der Waals surface area contributed by atoms with Crippen LogP contribution in [0.3, 0.4) is 0 Å². The fraction of sp³-hybridized carbons (Fsp3) is 0.158. The molecule has 0 bridgehead atoms. The molecular weight excluding hydrogens is 398 g/mol. The second-order valence-electron chi connectivity index (χ2n) is 5.99. The number of hydrogen-bond donors (Lipinski definition) is 1. The molecule has 0 aliphatic rings. The highest BCUT2D eigenvalue weighted by Gasteiger charge is 2.29. The second kappa shape index (κ2) is 8.02. The van der Waals surface area contributed by atoms with Crippen LogP contribution in [0.2, 0.25) is 5.02 Å². The minimum atomic E-state index is -4.41. The van der Waals surface area contributed by atoms with E-state index in [0.717, 1.165) is 12.1 Å². The van der Waals surface area contributed by atoms with E-state index in [4.69, 9.17) is 11.6 Å². The molecule has 0 atom stereocenters. The number of nitrogens with zero attached hydrogens (tertiary/aromatic N) is 2. The van der Waals surface area contributed by atoms with Crippen molar-refractivity contribution in [3.8, 4) is 0 Å². The van der Waals surface area contributed by atoms with E-state index in [-0.39, 0.29) is 23.6 Å². The summed E-state index contributed by atoms with van der Waals surface area (Å²) >= 11 is 5.92. The quantitative estimate of drug-likeness (QED) is 0.605. The standard InChI is InChI=1S/C19H14ClF4N3O/c20-15-2-1-3-16(21)14(15)10-18(28)26-17-8-9-25-27(17)11-12-4-6-13(7-5-12)19(22,23)24/h1-9H,10-11H2,(H,26,28). The fourth-order valence-corrected chi connectivity index (χ4v) is 2.82. The number of anilines is 1. The van der Waals surface area contributed by atoms with E-state index in [1.165, 1.54) is 47.3 Å². The molecule has 0 spiro atoms. The molecule has 2 aromatic carbocycles.